The zero-order chi connectivity index (χ0) is 18.9. The lowest BCUT2D eigenvalue weighted by atomic mass is 10.1. The van der Waals surface area contributed by atoms with E-state index in [1.165, 1.54) is 5.56 Å². The van der Waals surface area contributed by atoms with Crippen LogP contribution >= 0.6 is 11.8 Å². The van der Waals surface area contributed by atoms with E-state index in [2.05, 4.69) is 6.07 Å². The van der Waals surface area contributed by atoms with E-state index in [4.69, 9.17) is 4.74 Å². The molecule has 1 aliphatic heterocycles. The Morgan fingerprint density at radius 3 is 2.59 bits per heavy atom. The van der Waals surface area contributed by atoms with Gasteiger partial charge in [-0.1, -0.05) is 54.1 Å². The minimum absolute atomic E-state index is 0.0850. The maximum atomic E-state index is 12.7. The summed E-state index contributed by atoms with van der Waals surface area (Å²) in [4.78, 5) is 1.47. The molecule has 1 aliphatic rings. The summed E-state index contributed by atoms with van der Waals surface area (Å²) in [6, 6.07) is 23.4. The van der Waals surface area contributed by atoms with Crippen molar-refractivity contribution in [2.24, 2.45) is 0 Å². The highest BCUT2D eigenvalue weighted by Crippen LogP contribution is 2.45. The molecule has 0 saturated heterocycles. The fraction of sp³-hybridized carbons (Fsp3) is 0.182. The number of rotatable bonds is 5. The number of hydrogen-bond donors (Lipinski definition) is 0. The minimum Gasteiger partial charge on any atom is -0.489 e. The number of hydrogen-bond acceptors (Lipinski definition) is 4. The van der Waals surface area contributed by atoms with E-state index in [9.17, 15) is 8.42 Å². The lowest BCUT2D eigenvalue weighted by Gasteiger charge is -2.11. The molecule has 1 heterocycles. The van der Waals surface area contributed by atoms with Crippen molar-refractivity contribution in [3.63, 3.8) is 0 Å². The molecule has 0 radical (unpaired) electrons. The van der Waals surface area contributed by atoms with Crippen LogP contribution in [0.25, 0.3) is 0 Å². The second kappa shape index (κ2) is 7.41. The molecule has 1 atom stereocenters. The number of aryl methyl sites for hydroxylation is 1. The van der Waals surface area contributed by atoms with Gasteiger partial charge in [-0.05, 0) is 42.3 Å². The molecule has 138 valence electrons. The molecule has 3 nitrogen and oxygen atoms in total. The topological polar surface area (TPSA) is 43.4 Å². The summed E-state index contributed by atoms with van der Waals surface area (Å²) in [5.74, 6) is 0.715. The van der Waals surface area contributed by atoms with Crippen LogP contribution in [0, 0.1) is 6.92 Å². The van der Waals surface area contributed by atoms with E-state index in [-0.39, 0.29) is 11.0 Å². The molecule has 0 spiro atoms. The van der Waals surface area contributed by atoms with Crippen LogP contribution in [-0.4, -0.2) is 14.2 Å². The highest BCUT2D eigenvalue weighted by atomic mass is 32.2. The van der Waals surface area contributed by atoms with Crippen LogP contribution < -0.4 is 4.74 Å². The zero-order valence-electron chi connectivity index (χ0n) is 15.0. The van der Waals surface area contributed by atoms with Crippen molar-refractivity contribution in [1.29, 1.82) is 0 Å². The van der Waals surface area contributed by atoms with E-state index in [0.717, 1.165) is 16.0 Å². The van der Waals surface area contributed by atoms with Crippen LogP contribution in [0.4, 0.5) is 0 Å². The summed E-state index contributed by atoms with van der Waals surface area (Å²) >= 11 is 1.59. The van der Waals surface area contributed by atoms with Gasteiger partial charge in [-0.3, -0.25) is 0 Å². The molecule has 0 aliphatic carbocycles. The van der Waals surface area contributed by atoms with Gasteiger partial charge in [0.15, 0.2) is 9.84 Å². The Balaban J connectivity index is 1.55. The quantitative estimate of drug-likeness (QED) is 0.595. The maximum Gasteiger partial charge on any atom is 0.180 e. The van der Waals surface area contributed by atoms with Crippen molar-refractivity contribution in [3.05, 3.63) is 89.5 Å². The Morgan fingerprint density at radius 2 is 1.81 bits per heavy atom. The lowest BCUT2D eigenvalue weighted by Crippen LogP contribution is -2.01. The number of benzene rings is 3. The maximum absolute atomic E-state index is 12.7. The fourth-order valence-corrected chi connectivity index (χ4v) is 6.73. The van der Waals surface area contributed by atoms with Gasteiger partial charge in [0.2, 0.25) is 0 Å². The van der Waals surface area contributed by atoms with Crippen molar-refractivity contribution >= 4 is 21.6 Å². The van der Waals surface area contributed by atoms with Gasteiger partial charge in [0.05, 0.1) is 15.9 Å². The monoisotopic (exact) mass is 396 g/mol. The largest absolute Gasteiger partial charge is 0.489 e. The first-order valence-corrected chi connectivity index (χ1v) is 11.3. The molecule has 4 rings (SSSR count). The van der Waals surface area contributed by atoms with Crippen LogP contribution in [0.15, 0.2) is 82.6 Å². The van der Waals surface area contributed by atoms with Gasteiger partial charge in [0, 0.05) is 4.90 Å². The van der Waals surface area contributed by atoms with Gasteiger partial charge in [-0.25, -0.2) is 8.42 Å². The summed E-state index contributed by atoms with van der Waals surface area (Å²) in [5.41, 5.74) is 3.11. The molecule has 0 fully saturated rings. The van der Waals surface area contributed by atoms with Crippen LogP contribution in [-0.2, 0) is 16.4 Å². The summed E-state index contributed by atoms with van der Waals surface area (Å²) in [6.45, 7) is 2.46. The predicted octanol–water partition coefficient (Wildman–Crippen LogP) is 5.19. The molecule has 0 aromatic heterocycles. The van der Waals surface area contributed by atoms with Gasteiger partial charge in [-0.2, -0.15) is 0 Å². The number of ether oxygens (including phenoxy) is 1. The molecular formula is C22H20O3S2. The summed E-state index contributed by atoms with van der Waals surface area (Å²) in [7, 11) is -3.29. The van der Waals surface area contributed by atoms with Crippen molar-refractivity contribution in [1.82, 2.24) is 0 Å². The second-order valence-corrected chi connectivity index (χ2v) is 9.96. The highest BCUT2D eigenvalue weighted by Gasteiger charge is 2.35. The van der Waals surface area contributed by atoms with Crippen LogP contribution in [0.2, 0.25) is 0 Å². The zero-order valence-corrected chi connectivity index (χ0v) is 16.6. The normalized spacial score (nSPS) is 17.4. The van der Waals surface area contributed by atoms with Crippen LogP contribution in [0.1, 0.15) is 21.9 Å². The molecule has 27 heavy (non-hydrogen) atoms. The van der Waals surface area contributed by atoms with E-state index in [1.807, 2.05) is 67.6 Å². The van der Waals surface area contributed by atoms with Gasteiger partial charge < -0.3 is 4.74 Å². The molecule has 5 heteroatoms. The third-order valence-electron chi connectivity index (χ3n) is 4.55. The summed E-state index contributed by atoms with van der Waals surface area (Å²) in [5, 5.41) is -0.0850. The van der Waals surface area contributed by atoms with Gasteiger partial charge >= 0.3 is 0 Å². The van der Waals surface area contributed by atoms with E-state index in [0.29, 0.717) is 17.3 Å². The van der Waals surface area contributed by atoms with Crippen molar-refractivity contribution in [2.75, 3.05) is 5.75 Å². The predicted molar refractivity (Wildman–Crippen MR) is 109 cm³/mol. The molecule has 0 bridgehead atoms. The molecule has 3 aromatic rings. The number of thioether (sulfide) groups is 1. The standard InChI is InChI=1S/C22H20O3S2/c1-16-6-5-7-17(12-16)14-25-18-10-11-20-21(15-27(23,24)22(20)13-18)26-19-8-3-2-4-9-19/h2-13,21H,14-15H2,1H3. The van der Waals surface area contributed by atoms with Crippen LogP contribution in [0.5, 0.6) is 5.75 Å². The van der Waals surface area contributed by atoms with Gasteiger partial charge in [0.1, 0.15) is 12.4 Å². The Hall–Kier alpha value is -2.24. The Kier molecular flexibility index (Phi) is 4.98. The van der Waals surface area contributed by atoms with E-state index in [1.54, 1.807) is 17.8 Å². The Labute approximate surface area is 164 Å². The first-order valence-electron chi connectivity index (χ1n) is 8.78. The van der Waals surface area contributed by atoms with Crippen molar-refractivity contribution in [2.45, 2.75) is 28.6 Å². The molecule has 0 saturated carbocycles. The average Bonchev–Trinajstić information content (AvgIpc) is 2.91. The third kappa shape index (κ3) is 4.04. The van der Waals surface area contributed by atoms with Gasteiger partial charge in [0.25, 0.3) is 0 Å². The van der Waals surface area contributed by atoms with Crippen molar-refractivity contribution in [3.8, 4) is 5.75 Å². The fourth-order valence-electron chi connectivity index (χ4n) is 3.25. The second-order valence-electron chi connectivity index (χ2n) is 6.68. The van der Waals surface area contributed by atoms with Crippen LogP contribution in [0.3, 0.4) is 0 Å². The Bertz CT molecular complexity index is 1060. The first kappa shape index (κ1) is 18.1. The van der Waals surface area contributed by atoms with E-state index < -0.39 is 9.84 Å². The highest BCUT2D eigenvalue weighted by molar-refractivity contribution is 8.01. The first-order chi connectivity index (χ1) is 13.0. The number of sulfone groups is 1. The molecule has 1 unspecified atom stereocenters. The average molecular weight is 397 g/mol. The summed E-state index contributed by atoms with van der Waals surface area (Å²) in [6.07, 6.45) is 0. The molecule has 0 N–H and O–H groups in total. The third-order valence-corrected chi connectivity index (χ3v) is 7.80. The minimum atomic E-state index is -3.29. The van der Waals surface area contributed by atoms with E-state index >= 15 is 0 Å². The Morgan fingerprint density at radius 1 is 1.00 bits per heavy atom. The van der Waals surface area contributed by atoms with Gasteiger partial charge in [-0.15, -0.1) is 11.8 Å². The molecule has 0 amide bonds. The molecular weight excluding hydrogens is 376 g/mol. The smallest absolute Gasteiger partial charge is 0.180 e. The lowest BCUT2D eigenvalue weighted by molar-refractivity contribution is 0.305. The number of fused-ring (bicyclic) bond motifs is 1. The molecule has 3 aromatic carbocycles. The van der Waals surface area contributed by atoms with Crippen molar-refractivity contribution < 1.29 is 13.2 Å². The SMILES string of the molecule is Cc1cccc(COc2ccc3c(c2)S(=O)(=O)CC3Sc2ccccc2)c1. The summed E-state index contributed by atoms with van der Waals surface area (Å²) < 4.78 is 31.2.